The Labute approximate surface area is 108 Å². The van der Waals surface area contributed by atoms with Gasteiger partial charge in [0, 0.05) is 11.1 Å². The van der Waals surface area contributed by atoms with Crippen LogP contribution in [0.4, 0.5) is 0 Å². The van der Waals surface area contributed by atoms with Crippen LogP contribution in [0.1, 0.15) is 31.7 Å². The summed E-state index contributed by atoms with van der Waals surface area (Å²) < 4.78 is 5.61. The van der Waals surface area contributed by atoms with Gasteiger partial charge in [-0.1, -0.05) is 18.2 Å². The highest BCUT2D eigenvalue weighted by Crippen LogP contribution is 2.18. The van der Waals surface area contributed by atoms with Gasteiger partial charge in [0.2, 0.25) is 0 Å². The number of unbranched alkanes of at least 4 members (excludes halogenated alkanes) is 1. The number of aliphatic hydroxyl groups is 2. The molecule has 0 aliphatic rings. The van der Waals surface area contributed by atoms with Crippen LogP contribution in [0.3, 0.4) is 0 Å². The lowest BCUT2D eigenvalue weighted by atomic mass is 9.97. The molecule has 0 fully saturated rings. The van der Waals surface area contributed by atoms with Crippen LogP contribution >= 0.6 is 0 Å². The van der Waals surface area contributed by atoms with Crippen molar-refractivity contribution in [2.75, 3.05) is 13.2 Å². The summed E-state index contributed by atoms with van der Waals surface area (Å²) in [6.07, 6.45) is 2.57. The smallest absolute Gasteiger partial charge is 0.124 e. The molecule has 1 rings (SSSR count). The maximum Gasteiger partial charge on any atom is 0.124 e. The molecule has 4 nitrogen and oxygen atoms in total. The Balaban J connectivity index is 2.26. The van der Waals surface area contributed by atoms with E-state index in [9.17, 15) is 0 Å². The topological polar surface area (TPSA) is 75.7 Å². The summed E-state index contributed by atoms with van der Waals surface area (Å²) in [5.41, 5.74) is 6.14. The van der Waals surface area contributed by atoms with Gasteiger partial charge in [0.15, 0.2) is 0 Å². The number of ether oxygens (including phenoxy) is 1. The maximum absolute atomic E-state index is 9.14. The highest BCUT2D eigenvalue weighted by atomic mass is 16.5. The van der Waals surface area contributed by atoms with E-state index < -0.39 is 5.54 Å². The number of para-hydroxylation sites is 1. The van der Waals surface area contributed by atoms with Crippen LogP contribution in [0.2, 0.25) is 0 Å². The van der Waals surface area contributed by atoms with Gasteiger partial charge in [0.05, 0.1) is 19.8 Å². The van der Waals surface area contributed by atoms with E-state index in [4.69, 9.17) is 20.7 Å². The number of nitrogens with two attached hydrogens (primary N) is 1. The summed E-state index contributed by atoms with van der Waals surface area (Å²) >= 11 is 0. The standard InChI is InChI=1S/C14H23NO3/c1-14(15,11-17)8-4-5-9-18-13-7-3-2-6-12(13)10-16/h2-3,6-7,16-17H,4-5,8-11,15H2,1H3. The van der Waals surface area contributed by atoms with E-state index in [0.717, 1.165) is 30.6 Å². The van der Waals surface area contributed by atoms with E-state index in [1.54, 1.807) is 0 Å². The van der Waals surface area contributed by atoms with Crippen LogP contribution in [-0.2, 0) is 6.61 Å². The molecular formula is C14H23NO3. The number of hydrogen-bond acceptors (Lipinski definition) is 4. The second-order valence-electron chi connectivity index (χ2n) is 4.88. The lowest BCUT2D eigenvalue weighted by Gasteiger charge is -2.21. The van der Waals surface area contributed by atoms with Crippen molar-refractivity contribution >= 4 is 0 Å². The first-order chi connectivity index (χ1) is 8.59. The van der Waals surface area contributed by atoms with Crippen LogP contribution in [0.15, 0.2) is 24.3 Å². The van der Waals surface area contributed by atoms with Crippen molar-refractivity contribution in [3.8, 4) is 5.75 Å². The first-order valence-corrected chi connectivity index (χ1v) is 6.30. The third-order valence-electron chi connectivity index (χ3n) is 2.90. The molecule has 0 saturated carbocycles. The molecule has 0 radical (unpaired) electrons. The lowest BCUT2D eigenvalue weighted by molar-refractivity contribution is 0.193. The average Bonchev–Trinajstić information content (AvgIpc) is 2.38. The van der Waals surface area contributed by atoms with Gasteiger partial charge >= 0.3 is 0 Å². The monoisotopic (exact) mass is 253 g/mol. The number of hydrogen-bond donors (Lipinski definition) is 3. The van der Waals surface area contributed by atoms with Crippen LogP contribution in [0.5, 0.6) is 5.75 Å². The van der Waals surface area contributed by atoms with Gasteiger partial charge in [-0.2, -0.15) is 0 Å². The summed E-state index contributed by atoms with van der Waals surface area (Å²) in [5.74, 6) is 0.734. The molecular weight excluding hydrogens is 230 g/mol. The van der Waals surface area contributed by atoms with E-state index in [2.05, 4.69) is 0 Å². The Morgan fingerprint density at radius 2 is 1.94 bits per heavy atom. The molecule has 0 spiro atoms. The first kappa shape index (κ1) is 15.0. The molecule has 18 heavy (non-hydrogen) atoms. The Morgan fingerprint density at radius 1 is 1.22 bits per heavy atom. The average molecular weight is 253 g/mol. The third-order valence-corrected chi connectivity index (χ3v) is 2.90. The second-order valence-corrected chi connectivity index (χ2v) is 4.88. The molecule has 0 amide bonds. The molecule has 1 unspecified atom stereocenters. The van der Waals surface area contributed by atoms with Crippen molar-refractivity contribution in [1.29, 1.82) is 0 Å². The first-order valence-electron chi connectivity index (χ1n) is 6.30. The van der Waals surface area contributed by atoms with Crippen molar-refractivity contribution in [1.82, 2.24) is 0 Å². The number of aliphatic hydroxyl groups excluding tert-OH is 2. The summed E-state index contributed by atoms with van der Waals surface area (Å²) in [4.78, 5) is 0. The molecule has 102 valence electrons. The van der Waals surface area contributed by atoms with E-state index in [-0.39, 0.29) is 13.2 Å². The molecule has 1 aromatic carbocycles. The molecule has 0 heterocycles. The van der Waals surface area contributed by atoms with Gasteiger partial charge in [-0.15, -0.1) is 0 Å². The second kappa shape index (κ2) is 7.36. The Hall–Kier alpha value is -1.10. The zero-order valence-corrected chi connectivity index (χ0v) is 10.9. The van der Waals surface area contributed by atoms with E-state index in [1.807, 2.05) is 31.2 Å². The minimum atomic E-state index is -0.497. The zero-order valence-electron chi connectivity index (χ0n) is 10.9. The summed E-state index contributed by atoms with van der Waals surface area (Å²) in [6.45, 7) is 2.43. The van der Waals surface area contributed by atoms with Crippen LogP contribution in [0.25, 0.3) is 0 Å². The van der Waals surface area contributed by atoms with Gasteiger partial charge in [0.25, 0.3) is 0 Å². The zero-order chi connectivity index (χ0) is 13.4. The molecule has 0 saturated heterocycles. The third kappa shape index (κ3) is 5.04. The Bertz CT molecular complexity index is 353. The lowest BCUT2D eigenvalue weighted by Crippen LogP contribution is -2.39. The van der Waals surface area contributed by atoms with Crippen molar-refractivity contribution in [2.45, 2.75) is 38.3 Å². The number of rotatable bonds is 8. The number of benzene rings is 1. The Kier molecular flexibility index (Phi) is 6.12. The molecule has 0 aromatic heterocycles. The molecule has 4 N–H and O–H groups in total. The van der Waals surface area contributed by atoms with Crippen LogP contribution in [0, 0.1) is 0 Å². The predicted molar refractivity (Wildman–Crippen MR) is 71.4 cm³/mol. The molecule has 0 bridgehead atoms. The largest absolute Gasteiger partial charge is 0.493 e. The van der Waals surface area contributed by atoms with Crippen molar-refractivity contribution < 1.29 is 14.9 Å². The van der Waals surface area contributed by atoms with Gasteiger partial charge in [-0.05, 0) is 32.3 Å². The highest BCUT2D eigenvalue weighted by Gasteiger charge is 2.15. The molecule has 4 heteroatoms. The molecule has 0 aliphatic heterocycles. The van der Waals surface area contributed by atoms with Crippen LogP contribution in [-0.4, -0.2) is 29.0 Å². The fraction of sp³-hybridized carbons (Fsp3) is 0.571. The molecule has 1 aromatic rings. The quantitative estimate of drug-likeness (QED) is 0.613. The normalized spacial score (nSPS) is 14.2. The Morgan fingerprint density at radius 3 is 2.61 bits per heavy atom. The molecule has 0 aliphatic carbocycles. The van der Waals surface area contributed by atoms with Crippen molar-refractivity contribution in [3.05, 3.63) is 29.8 Å². The summed E-state index contributed by atoms with van der Waals surface area (Å²) in [7, 11) is 0. The van der Waals surface area contributed by atoms with E-state index in [1.165, 1.54) is 0 Å². The fourth-order valence-electron chi connectivity index (χ4n) is 1.67. The highest BCUT2D eigenvalue weighted by molar-refractivity contribution is 5.32. The van der Waals surface area contributed by atoms with Crippen molar-refractivity contribution in [2.24, 2.45) is 5.73 Å². The summed E-state index contributed by atoms with van der Waals surface area (Å²) in [5, 5.41) is 18.1. The minimum absolute atomic E-state index is 0.00119. The van der Waals surface area contributed by atoms with E-state index in [0.29, 0.717) is 6.61 Å². The van der Waals surface area contributed by atoms with Gasteiger partial charge in [0.1, 0.15) is 5.75 Å². The fourth-order valence-corrected chi connectivity index (χ4v) is 1.67. The minimum Gasteiger partial charge on any atom is -0.493 e. The van der Waals surface area contributed by atoms with Crippen molar-refractivity contribution in [3.63, 3.8) is 0 Å². The van der Waals surface area contributed by atoms with E-state index >= 15 is 0 Å². The maximum atomic E-state index is 9.14. The van der Waals surface area contributed by atoms with Crippen LogP contribution < -0.4 is 10.5 Å². The predicted octanol–water partition coefficient (Wildman–Crippen LogP) is 1.44. The SMILES string of the molecule is CC(N)(CO)CCCCOc1ccccc1CO. The summed E-state index contributed by atoms with van der Waals surface area (Å²) in [6, 6.07) is 7.46. The molecule has 1 atom stereocenters. The van der Waals surface area contributed by atoms with Gasteiger partial charge in [-0.3, -0.25) is 0 Å². The van der Waals surface area contributed by atoms with Gasteiger partial charge < -0.3 is 20.7 Å². The van der Waals surface area contributed by atoms with Gasteiger partial charge in [-0.25, -0.2) is 0 Å².